The number of aryl methyl sites for hydroxylation is 1. The third-order valence-electron chi connectivity index (χ3n) is 1.79. The molecular weight excluding hydrogens is 307 g/mol. The molecular formula is C11H13IO3. The average molecular weight is 320 g/mol. The van der Waals surface area contributed by atoms with Crippen molar-refractivity contribution in [1.82, 2.24) is 0 Å². The third kappa shape index (κ3) is 4.51. The summed E-state index contributed by atoms with van der Waals surface area (Å²) in [7, 11) is 0. The fourth-order valence-corrected chi connectivity index (χ4v) is 1.25. The van der Waals surface area contributed by atoms with Gasteiger partial charge in [0.05, 0.1) is 0 Å². The van der Waals surface area contributed by atoms with Crippen LogP contribution in [0.3, 0.4) is 0 Å². The first-order valence-corrected chi connectivity index (χ1v) is 5.98. The van der Waals surface area contributed by atoms with Crippen molar-refractivity contribution in [3.63, 3.8) is 0 Å². The van der Waals surface area contributed by atoms with E-state index in [0.29, 0.717) is 5.75 Å². The standard InChI is InChI=1S/C11H13IO3/c1-3-9-4-6-10(7-5-9)15-11(13)14-8(2)12/h4-8H,3H2,1-2H3. The molecule has 0 aliphatic carbocycles. The highest BCUT2D eigenvalue weighted by atomic mass is 127. The smallest absolute Gasteiger partial charge is 0.420 e. The van der Waals surface area contributed by atoms with E-state index in [0.717, 1.165) is 6.42 Å². The highest BCUT2D eigenvalue weighted by Crippen LogP contribution is 2.14. The van der Waals surface area contributed by atoms with E-state index in [1.165, 1.54) is 5.56 Å². The average Bonchev–Trinajstić information content (AvgIpc) is 2.17. The first kappa shape index (κ1) is 12.3. The summed E-state index contributed by atoms with van der Waals surface area (Å²) in [6, 6.07) is 7.38. The van der Waals surface area contributed by atoms with Crippen LogP contribution < -0.4 is 4.74 Å². The number of hydrogen-bond acceptors (Lipinski definition) is 3. The molecule has 0 radical (unpaired) electrons. The zero-order chi connectivity index (χ0) is 11.3. The van der Waals surface area contributed by atoms with Crippen molar-refractivity contribution in [2.24, 2.45) is 0 Å². The summed E-state index contributed by atoms with van der Waals surface area (Å²) in [5, 5.41) is 0. The van der Waals surface area contributed by atoms with Gasteiger partial charge in [0.25, 0.3) is 0 Å². The molecule has 0 aliphatic heterocycles. The quantitative estimate of drug-likeness (QED) is 0.370. The lowest BCUT2D eigenvalue weighted by molar-refractivity contribution is 0.0988. The van der Waals surface area contributed by atoms with Gasteiger partial charge in [0.15, 0.2) is 4.11 Å². The molecule has 0 N–H and O–H groups in total. The van der Waals surface area contributed by atoms with Gasteiger partial charge in [-0.15, -0.1) is 0 Å². The molecule has 0 saturated carbocycles. The largest absolute Gasteiger partial charge is 0.514 e. The lowest BCUT2D eigenvalue weighted by Gasteiger charge is -2.07. The van der Waals surface area contributed by atoms with Crippen LogP contribution in [0.4, 0.5) is 4.79 Å². The fraction of sp³-hybridized carbons (Fsp3) is 0.364. The predicted octanol–water partition coefficient (Wildman–Crippen LogP) is 3.55. The Balaban J connectivity index is 2.53. The van der Waals surface area contributed by atoms with Crippen molar-refractivity contribution in [3.8, 4) is 5.75 Å². The van der Waals surface area contributed by atoms with E-state index in [1.807, 2.05) is 34.7 Å². The number of carbonyl (C=O) groups excluding carboxylic acids is 1. The predicted molar refractivity (Wildman–Crippen MR) is 66.4 cm³/mol. The Hall–Kier alpha value is -0.780. The molecule has 0 spiro atoms. The first-order chi connectivity index (χ1) is 7.11. The summed E-state index contributed by atoms with van der Waals surface area (Å²) in [4.78, 5) is 11.1. The number of alkyl halides is 1. The van der Waals surface area contributed by atoms with E-state index in [4.69, 9.17) is 9.47 Å². The summed E-state index contributed by atoms with van der Waals surface area (Å²) in [5.41, 5.74) is 1.21. The zero-order valence-corrected chi connectivity index (χ0v) is 10.9. The van der Waals surface area contributed by atoms with E-state index >= 15 is 0 Å². The second-order valence-corrected chi connectivity index (χ2v) is 4.76. The van der Waals surface area contributed by atoms with Crippen LogP contribution in [0.1, 0.15) is 19.4 Å². The van der Waals surface area contributed by atoms with Gasteiger partial charge < -0.3 is 9.47 Å². The van der Waals surface area contributed by atoms with E-state index in [2.05, 4.69) is 6.92 Å². The molecule has 1 rings (SSSR count). The van der Waals surface area contributed by atoms with Crippen molar-refractivity contribution in [2.75, 3.05) is 0 Å². The lowest BCUT2D eigenvalue weighted by Crippen LogP contribution is -2.13. The molecule has 0 fully saturated rings. The second-order valence-electron chi connectivity index (χ2n) is 3.01. The van der Waals surface area contributed by atoms with Crippen LogP contribution in [0.15, 0.2) is 24.3 Å². The van der Waals surface area contributed by atoms with Crippen LogP contribution in [0, 0.1) is 0 Å². The van der Waals surface area contributed by atoms with Crippen molar-refractivity contribution < 1.29 is 14.3 Å². The number of hydrogen-bond donors (Lipinski definition) is 0. The van der Waals surface area contributed by atoms with Gasteiger partial charge in [-0.2, -0.15) is 0 Å². The number of halogens is 1. The zero-order valence-electron chi connectivity index (χ0n) is 8.70. The van der Waals surface area contributed by atoms with Gasteiger partial charge in [-0.1, -0.05) is 19.1 Å². The van der Waals surface area contributed by atoms with Crippen LogP contribution in [0.25, 0.3) is 0 Å². The summed E-state index contributed by atoms with van der Waals surface area (Å²) in [6.45, 7) is 3.84. The van der Waals surface area contributed by atoms with E-state index < -0.39 is 6.16 Å². The Kier molecular flexibility index (Phi) is 4.87. The fourth-order valence-electron chi connectivity index (χ4n) is 1.05. The highest BCUT2D eigenvalue weighted by molar-refractivity contribution is 14.1. The number of benzene rings is 1. The van der Waals surface area contributed by atoms with Crippen LogP contribution in [-0.2, 0) is 11.2 Å². The maximum atomic E-state index is 11.1. The summed E-state index contributed by atoms with van der Waals surface area (Å²) >= 11 is 1.99. The van der Waals surface area contributed by atoms with Gasteiger partial charge in [-0.05, 0) is 53.6 Å². The molecule has 1 unspecified atom stereocenters. The maximum Gasteiger partial charge on any atom is 0.514 e. The van der Waals surface area contributed by atoms with Gasteiger partial charge in [0, 0.05) is 0 Å². The van der Waals surface area contributed by atoms with Crippen LogP contribution in [0.2, 0.25) is 0 Å². The number of ether oxygens (including phenoxy) is 2. The van der Waals surface area contributed by atoms with E-state index in [9.17, 15) is 4.79 Å². The number of carbonyl (C=O) groups is 1. The van der Waals surface area contributed by atoms with Gasteiger partial charge in [0.2, 0.25) is 0 Å². The van der Waals surface area contributed by atoms with Gasteiger partial charge in [-0.3, -0.25) is 0 Å². The van der Waals surface area contributed by atoms with Gasteiger partial charge in [0.1, 0.15) is 5.75 Å². The molecule has 1 atom stereocenters. The van der Waals surface area contributed by atoms with E-state index in [1.54, 1.807) is 19.1 Å². The topological polar surface area (TPSA) is 35.5 Å². The molecule has 0 aliphatic rings. The second kappa shape index (κ2) is 5.95. The molecule has 82 valence electrons. The minimum absolute atomic E-state index is 0.190. The monoisotopic (exact) mass is 320 g/mol. The maximum absolute atomic E-state index is 11.1. The Bertz CT molecular complexity index is 319. The Morgan fingerprint density at radius 1 is 1.40 bits per heavy atom. The number of rotatable bonds is 3. The molecule has 0 heterocycles. The van der Waals surface area contributed by atoms with Crippen molar-refractivity contribution >= 4 is 28.7 Å². The van der Waals surface area contributed by atoms with Crippen LogP contribution in [0.5, 0.6) is 5.75 Å². The lowest BCUT2D eigenvalue weighted by atomic mass is 10.2. The van der Waals surface area contributed by atoms with Crippen LogP contribution >= 0.6 is 22.6 Å². The molecule has 15 heavy (non-hydrogen) atoms. The Morgan fingerprint density at radius 2 is 2.00 bits per heavy atom. The highest BCUT2D eigenvalue weighted by Gasteiger charge is 2.08. The minimum Gasteiger partial charge on any atom is -0.420 e. The van der Waals surface area contributed by atoms with Gasteiger partial charge >= 0.3 is 6.16 Å². The summed E-state index contributed by atoms with van der Waals surface area (Å²) in [5.74, 6) is 0.509. The minimum atomic E-state index is -0.666. The van der Waals surface area contributed by atoms with E-state index in [-0.39, 0.29) is 4.11 Å². The Labute approximate surface area is 103 Å². The molecule has 1 aromatic carbocycles. The SMILES string of the molecule is CCc1ccc(OC(=O)OC(C)I)cc1. The van der Waals surface area contributed by atoms with Crippen molar-refractivity contribution in [1.29, 1.82) is 0 Å². The van der Waals surface area contributed by atoms with Gasteiger partial charge in [-0.25, -0.2) is 4.79 Å². The molecule has 4 heteroatoms. The summed E-state index contributed by atoms with van der Waals surface area (Å²) in [6.07, 6.45) is 0.302. The Morgan fingerprint density at radius 3 is 2.47 bits per heavy atom. The summed E-state index contributed by atoms with van der Waals surface area (Å²) < 4.78 is 9.61. The molecule has 0 aromatic heterocycles. The van der Waals surface area contributed by atoms with Crippen LogP contribution in [-0.4, -0.2) is 10.3 Å². The normalized spacial score (nSPS) is 11.9. The molecule has 3 nitrogen and oxygen atoms in total. The molecule has 1 aromatic rings. The molecule has 0 bridgehead atoms. The third-order valence-corrected chi connectivity index (χ3v) is 2.05. The van der Waals surface area contributed by atoms with Crippen molar-refractivity contribution in [2.45, 2.75) is 24.4 Å². The molecule has 0 saturated heterocycles. The van der Waals surface area contributed by atoms with Crippen molar-refractivity contribution in [3.05, 3.63) is 29.8 Å². The first-order valence-electron chi connectivity index (χ1n) is 4.73. The molecule has 0 amide bonds.